The third-order valence-corrected chi connectivity index (χ3v) is 7.53. The Morgan fingerprint density at radius 3 is 2.34 bits per heavy atom. The van der Waals surface area contributed by atoms with Crippen LogP contribution in [0.1, 0.15) is 13.2 Å². The number of aromatic amines is 1. The van der Waals surface area contributed by atoms with Crippen LogP contribution in [0.3, 0.4) is 0 Å². The fraction of sp³-hybridized carbons (Fsp3) is 0.500. The number of aliphatic hydroxyl groups is 2. The van der Waals surface area contributed by atoms with Gasteiger partial charge in [-0.1, -0.05) is 5.92 Å². The van der Waals surface area contributed by atoms with Gasteiger partial charge in [-0.25, -0.2) is 18.5 Å². The van der Waals surface area contributed by atoms with Crippen LogP contribution in [0.25, 0.3) is 0 Å². The molecule has 20 heteroatoms. The number of rotatable bonds is 8. The molecular weight excluding hydrogens is 505 g/mol. The van der Waals surface area contributed by atoms with Crippen LogP contribution < -0.4 is 11.2 Å². The van der Waals surface area contributed by atoms with Crippen LogP contribution in [-0.2, 0) is 31.6 Å². The summed E-state index contributed by atoms with van der Waals surface area (Å²) in [5.74, 6) is 4.52. The number of hydrogen-bond acceptors (Lipinski definition) is 11. The molecule has 6 atom stereocenters. The first-order valence-electron chi connectivity index (χ1n) is 8.09. The van der Waals surface area contributed by atoms with Gasteiger partial charge in [0.25, 0.3) is 5.56 Å². The van der Waals surface area contributed by atoms with E-state index < -0.39 is 65.4 Å². The molecule has 1 aliphatic heterocycles. The number of hydrogen-bond donors (Lipinski definition) is 7. The van der Waals surface area contributed by atoms with Gasteiger partial charge in [0.05, 0.1) is 6.61 Å². The summed E-state index contributed by atoms with van der Waals surface area (Å²) >= 11 is 0. The van der Waals surface area contributed by atoms with Crippen molar-refractivity contribution in [2.45, 2.75) is 31.0 Å². The van der Waals surface area contributed by atoms with E-state index in [1.165, 1.54) is 6.92 Å². The van der Waals surface area contributed by atoms with Crippen LogP contribution in [0.15, 0.2) is 21.9 Å². The van der Waals surface area contributed by atoms with Crippen molar-refractivity contribution < 1.29 is 61.4 Å². The molecule has 0 radical (unpaired) electrons. The molecule has 2 heterocycles. The van der Waals surface area contributed by atoms with Crippen molar-refractivity contribution in [3.63, 3.8) is 0 Å². The smallest absolute Gasteiger partial charge is 0.386 e. The average molecular weight is 522 g/mol. The number of aromatic nitrogens is 2. The number of nitrogens with one attached hydrogen (secondary N) is 1. The maximum Gasteiger partial charge on any atom is 0.490 e. The van der Waals surface area contributed by atoms with E-state index in [-0.39, 0.29) is 0 Å². The molecule has 7 N–H and O–H groups in total. The molecule has 0 saturated carbocycles. The van der Waals surface area contributed by atoms with Gasteiger partial charge in [-0.3, -0.25) is 18.9 Å². The molecule has 0 spiro atoms. The Morgan fingerprint density at radius 1 is 1.19 bits per heavy atom. The monoisotopic (exact) mass is 522 g/mol. The van der Waals surface area contributed by atoms with E-state index >= 15 is 0 Å². The summed E-state index contributed by atoms with van der Waals surface area (Å²) in [7, 11) is -16.9. The van der Waals surface area contributed by atoms with Crippen LogP contribution in [0.4, 0.5) is 0 Å². The van der Waals surface area contributed by atoms with Gasteiger partial charge in [0, 0.05) is 12.3 Å². The van der Waals surface area contributed by atoms with Crippen molar-refractivity contribution in [1.29, 1.82) is 0 Å². The largest absolute Gasteiger partial charge is 0.490 e. The van der Waals surface area contributed by atoms with Crippen LogP contribution in [0, 0.1) is 11.8 Å². The highest BCUT2D eigenvalue weighted by Crippen LogP contribution is 2.66. The van der Waals surface area contributed by atoms with Crippen molar-refractivity contribution in [2.75, 3.05) is 6.61 Å². The second-order valence-corrected chi connectivity index (χ2v) is 10.5. The number of aliphatic hydroxyl groups excluding tert-OH is 1. The zero-order valence-corrected chi connectivity index (χ0v) is 18.4. The highest BCUT2D eigenvalue weighted by Gasteiger charge is 2.56. The highest BCUT2D eigenvalue weighted by atomic mass is 31.3. The summed E-state index contributed by atoms with van der Waals surface area (Å²) in [6.45, 7) is 0.157. The Labute approximate surface area is 177 Å². The first-order valence-corrected chi connectivity index (χ1v) is 12.6. The molecule has 0 bridgehead atoms. The summed E-state index contributed by atoms with van der Waals surface area (Å²) in [4.78, 5) is 60.8. The van der Waals surface area contributed by atoms with E-state index in [0.717, 1.165) is 12.3 Å². The van der Waals surface area contributed by atoms with Gasteiger partial charge in [-0.15, -0.1) is 5.92 Å². The van der Waals surface area contributed by atoms with E-state index in [4.69, 9.17) is 19.4 Å². The van der Waals surface area contributed by atoms with Crippen molar-refractivity contribution in [2.24, 2.45) is 0 Å². The predicted molar refractivity (Wildman–Crippen MR) is 99.5 cm³/mol. The third-order valence-electron chi connectivity index (χ3n) is 3.73. The van der Waals surface area contributed by atoms with Crippen LogP contribution >= 0.6 is 23.5 Å². The Hall–Kier alpha value is -1.47. The summed E-state index contributed by atoms with van der Waals surface area (Å²) < 4.78 is 51.2. The number of nitrogens with zero attached hydrogens (tertiary/aromatic N) is 1. The molecule has 1 saturated heterocycles. The minimum atomic E-state index is -5.77. The second kappa shape index (κ2) is 9.41. The summed E-state index contributed by atoms with van der Waals surface area (Å²) in [5.41, 5.74) is -4.32. The molecule has 0 amide bonds. The topological polar surface area (TPSA) is 264 Å². The molecule has 2 rings (SSSR count). The second-order valence-electron chi connectivity index (χ2n) is 6.08. The normalized spacial score (nSPS) is 29.5. The minimum Gasteiger partial charge on any atom is -0.386 e. The lowest BCUT2D eigenvalue weighted by molar-refractivity contribution is -0.0762. The number of phosphoric acid groups is 3. The summed E-state index contributed by atoms with van der Waals surface area (Å²) in [5, 5.41) is 21.2. The maximum absolute atomic E-state index is 12.0. The Morgan fingerprint density at radius 2 is 1.81 bits per heavy atom. The molecule has 0 aromatic carbocycles. The SMILES string of the molecule is CC#C[C@]1(O)C(n2ccc(=O)[nH]c2=O)O[C@H](COP(=O)(O)OP(=O)(O)OP(=O)(O)O)[C@H]1O. The molecule has 32 heavy (non-hydrogen) atoms. The van der Waals surface area contributed by atoms with E-state index in [9.17, 15) is 38.4 Å². The van der Waals surface area contributed by atoms with Gasteiger partial charge in [0.15, 0.2) is 11.8 Å². The highest BCUT2D eigenvalue weighted by molar-refractivity contribution is 7.66. The Kier molecular flexibility index (Phi) is 7.88. The van der Waals surface area contributed by atoms with Gasteiger partial charge in [0.2, 0.25) is 0 Å². The molecule has 180 valence electrons. The van der Waals surface area contributed by atoms with Crippen LogP contribution in [0.5, 0.6) is 0 Å². The zero-order chi connectivity index (χ0) is 24.5. The number of phosphoric ester groups is 1. The molecule has 17 nitrogen and oxygen atoms in total. The summed E-state index contributed by atoms with van der Waals surface area (Å²) in [6, 6.07) is 0.899. The van der Waals surface area contributed by atoms with Gasteiger partial charge in [-0.05, 0) is 6.92 Å². The molecule has 1 aromatic rings. The van der Waals surface area contributed by atoms with Crippen molar-refractivity contribution >= 4 is 23.5 Å². The van der Waals surface area contributed by atoms with Gasteiger partial charge in [0.1, 0.15) is 12.2 Å². The van der Waals surface area contributed by atoms with Crippen molar-refractivity contribution in [3.8, 4) is 11.8 Å². The molecular formula is C12H17N2O15P3. The third kappa shape index (κ3) is 6.53. The number of ether oxygens (including phenoxy) is 1. The molecule has 1 aromatic heterocycles. The van der Waals surface area contributed by atoms with E-state index in [2.05, 4.69) is 25.0 Å². The average Bonchev–Trinajstić information content (AvgIpc) is 2.82. The fourth-order valence-electron chi connectivity index (χ4n) is 2.60. The zero-order valence-electron chi connectivity index (χ0n) is 15.7. The van der Waals surface area contributed by atoms with E-state index in [1.807, 2.05) is 4.98 Å². The van der Waals surface area contributed by atoms with Crippen LogP contribution in [-0.4, -0.2) is 63.8 Å². The standard InChI is InChI=1S/C12H17N2O15P3/c1-2-4-12(18)9(16)7(27-10(12)14-5-3-8(15)13-11(14)17)6-26-31(22,23)29-32(24,25)28-30(19,20)21/h3,5,7,9-10,16,18H,6H2,1H3,(H,22,23)(H,24,25)(H,13,15,17)(H2,19,20,21)/t7-,9-,10?,12-/m1/s1. The molecule has 1 fully saturated rings. The lowest BCUT2D eigenvalue weighted by Crippen LogP contribution is -2.48. The Bertz CT molecular complexity index is 1180. The van der Waals surface area contributed by atoms with E-state index in [0.29, 0.717) is 4.57 Å². The summed E-state index contributed by atoms with van der Waals surface area (Å²) in [6.07, 6.45) is -4.52. The first kappa shape index (κ1) is 26.8. The fourth-order valence-corrected chi connectivity index (χ4v) is 5.63. The first-order chi connectivity index (χ1) is 14.5. The predicted octanol–water partition coefficient (Wildman–Crippen LogP) is -2.11. The maximum atomic E-state index is 12.0. The Balaban J connectivity index is 2.24. The van der Waals surface area contributed by atoms with Crippen LogP contribution in [0.2, 0.25) is 0 Å². The minimum absolute atomic E-state index is 0.666. The van der Waals surface area contributed by atoms with Gasteiger partial charge < -0.3 is 34.5 Å². The van der Waals surface area contributed by atoms with Crippen molar-refractivity contribution in [3.05, 3.63) is 33.1 Å². The lowest BCUT2D eigenvalue weighted by atomic mass is 9.94. The molecule has 0 aliphatic carbocycles. The molecule has 3 unspecified atom stereocenters. The van der Waals surface area contributed by atoms with Crippen molar-refractivity contribution in [1.82, 2.24) is 9.55 Å². The lowest BCUT2D eigenvalue weighted by Gasteiger charge is -2.26. The van der Waals surface area contributed by atoms with Gasteiger partial charge in [-0.2, -0.15) is 8.62 Å². The van der Waals surface area contributed by atoms with E-state index in [1.54, 1.807) is 0 Å². The quantitative estimate of drug-likeness (QED) is 0.142. The molecule has 1 aliphatic rings. The number of H-pyrrole nitrogens is 1. The van der Waals surface area contributed by atoms with Gasteiger partial charge >= 0.3 is 29.2 Å².